The third-order valence-electron chi connectivity index (χ3n) is 2.43. The molecule has 1 fully saturated rings. The van der Waals surface area contributed by atoms with Crippen LogP contribution in [-0.2, 0) is 9.59 Å². The van der Waals surface area contributed by atoms with Crippen LogP contribution in [0.2, 0.25) is 0 Å². The van der Waals surface area contributed by atoms with Crippen molar-refractivity contribution in [2.24, 2.45) is 11.8 Å². The predicted molar refractivity (Wildman–Crippen MR) is 44.7 cm³/mol. The van der Waals surface area contributed by atoms with Gasteiger partial charge < -0.3 is 10.2 Å². The summed E-state index contributed by atoms with van der Waals surface area (Å²) in [6, 6.07) is 0. The molecule has 0 bridgehead atoms. The first-order valence-corrected chi connectivity index (χ1v) is 4.38. The van der Waals surface area contributed by atoms with Crippen molar-refractivity contribution in [1.82, 2.24) is 4.90 Å². The zero-order valence-electron chi connectivity index (χ0n) is 7.77. The van der Waals surface area contributed by atoms with Crippen LogP contribution in [0.1, 0.15) is 0 Å². The van der Waals surface area contributed by atoms with Crippen molar-refractivity contribution in [3.63, 3.8) is 0 Å². The number of halogens is 2. The summed E-state index contributed by atoms with van der Waals surface area (Å²) in [6.07, 6.45) is -2.58. The van der Waals surface area contributed by atoms with E-state index >= 15 is 0 Å². The molecule has 5 nitrogen and oxygen atoms in total. The summed E-state index contributed by atoms with van der Waals surface area (Å²) in [4.78, 5) is 22.5. The fourth-order valence-corrected chi connectivity index (χ4v) is 1.73. The van der Waals surface area contributed by atoms with Crippen LogP contribution in [0.3, 0.4) is 0 Å². The highest BCUT2D eigenvalue weighted by molar-refractivity contribution is 5.81. The molecular weight excluding hydrogens is 212 g/mol. The lowest BCUT2D eigenvalue weighted by Gasteiger charge is -2.13. The van der Waals surface area contributed by atoms with Crippen molar-refractivity contribution >= 4 is 11.9 Å². The standard InChI is InChI=1S/C8H11F2NO4/c9-6(10)3-11-1-4(7(12)13)5(2-11)8(14)15/h4-6H,1-3H2,(H,12,13)(H,14,15)/t4-,5-/m1/s1. The van der Waals surface area contributed by atoms with Gasteiger partial charge in [-0.25, -0.2) is 8.78 Å². The van der Waals surface area contributed by atoms with Crippen molar-refractivity contribution in [3.05, 3.63) is 0 Å². The molecule has 0 aromatic carbocycles. The minimum Gasteiger partial charge on any atom is -0.481 e. The number of carboxylic acids is 2. The third-order valence-corrected chi connectivity index (χ3v) is 2.43. The summed E-state index contributed by atoms with van der Waals surface area (Å²) in [5, 5.41) is 17.4. The lowest BCUT2D eigenvalue weighted by Crippen LogP contribution is -2.28. The van der Waals surface area contributed by atoms with Crippen molar-refractivity contribution in [3.8, 4) is 0 Å². The largest absolute Gasteiger partial charge is 0.481 e. The van der Waals surface area contributed by atoms with E-state index in [1.54, 1.807) is 0 Å². The summed E-state index contributed by atoms with van der Waals surface area (Å²) >= 11 is 0. The van der Waals surface area contributed by atoms with Gasteiger partial charge in [0.1, 0.15) is 0 Å². The maximum absolute atomic E-state index is 12.0. The molecule has 1 aliphatic heterocycles. The van der Waals surface area contributed by atoms with Crippen molar-refractivity contribution in [2.75, 3.05) is 19.6 Å². The molecule has 0 amide bonds. The van der Waals surface area contributed by atoms with Crippen molar-refractivity contribution in [1.29, 1.82) is 0 Å². The highest BCUT2D eigenvalue weighted by atomic mass is 19.3. The average Bonchev–Trinajstić information content (AvgIpc) is 2.46. The zero-order valence-corrected chi connectivity index (χ0v) is 7.77. The number of hydrogen-bond acceptors (Lipinski definition) is 3. The maximum atomic E-state index is 12.0. The minimum atomic E-state index is -2.58. The lowest BCUT2D eigenvalue weighted by atomic mass is 9.97. The van der Waals surface area contributed by atoms with E-state index in [9.17, 15) is 18.4 Å². The van der Waals surface area contributed by atoms with Gasteiger partial charge in [0.2, 0.25) is 0 Å². The van der Waals surface area contributed by atoms with E-state index in [-0.39, 0.29) is 13.1 Å². The Bertz CT molecular complexity index is 249. The summed E-state index contributed by atoms with van der Waals surface area (Å²) in [5.74, 6) is -4.69. The number of likely N-dealkylation sites (tertiary alicyclic amines) is 1. The van der Waals surface area contributed by atoms with Gasteiger partial charge in [-0.2, -0.15) is 0 Å². The van der Waals surface area contributed by atoms with Gasteiger partial charge in [0.15, 0.2) is 0 Å². The summed E-state index contributed by atoms with van der Waals surface area (Å²) < 4.78 is 24.0. The highest BCUT2D eigenvalue weighted by Crippen LogP contribution is 2.24. The molecule has 0 saturated carbocycles. The van der Waals surface area contributed by atoms with Crippen LogP contribution in [0.5, 0.6) is 0 Å². The second-order valence-corrected chi connectivity index (χ2v) is 3.50. The van der Waals surface area contributed by atoms with Gasteiger partial charge in [-0.1, -0.05) is 0 Å². The SMILES string of the molecule is O=C(O)[C@@H]1CN(CC(F)F)C[C@H]1C(=O)O. The van der Waals surface area contributed by atoms with E-state index in [1.165, 1.54) is 4.90 Å². The summed E-state index contributed by atoms with van der Waals surface area (Å²) in [7, 11) is 0. The van der Waals surface area contributed by atoms with E-state index in [1.807, 2.05) is 0 Å². The van der Waals surface area contributed by atoms with Crippen molar-refractivity contribution < 1.29 is 28.6 Å². The molecule has 86 valence electrons. The van der Waals surface area contributed by atoms with Gasteiger partial charge >= 0.3 is 11.9 Å². The van der Waals surface area contributed by atoms with Crippen LogP contribution in [0.25, 0.3) is 0 Å². The first kappa shape index (κ1) is 11.8. The second-order valence-electron chi connectivity index (χ2n) is 3.50. The minimum absolute atomic E-state index is 0.128. The van der Waals surface area contributed by atoms with Crippen LogP contribution < -0.4 is 0 Å². The number of nitrogens with zero attached hydrogens (tertiary/aromatic N) is 1. The van der Waals surface area contributed by atoms with Crippen LogP contribution in [0.4, 0.5) is 8.78 Å². The molecule has 2 N–H and O–H groups in total. The van der Waals surface area contributed by atoms with Gasteiger partial charge in [-0.05, 0) is 0 Å². The smallest absolute Gasteiger partial charge is 0.308 e. The molecule has 0 radical (unpaired) electrons. The Labute approximate surface area is 84.3 Å². The second kappa shape index (κ2) is 4.52. The molecule has 0 unspecified atom stereocenters. The van der Waals surface area contributed by atoms with E-state index in [4.69, 9.17) is 10.2 Å². The van der Waals surface area contributed by atoms with Gasteiger partial charge in [0.05, 0.1) is 18.4 Å². The number of carbonyl (C=O) groups is 2. The Hall–Kier alpha value is -1.24. The van der Waals surface area contributed by atoms with Gasteiger partial charge in [0.25, 0.3) is 6.43 Å². The number of aliphatic carboxylic acids is 2. The number of alkyl halides is 2. The number of hydrogen-bond donors (Lipinski definition) is 2. The van der Waals surface area contributed by atoms with Crippen LogP contribution in [0, 0.1) is 11.8 Å². The van der Waals surface area contributed by atoms with E-state index in [2.05, 4.69) is 0 Å². The van der Waals surface area contributed by atoms with E-state index in [0.29, 0.717) is 0 Å². The predicted octanol–water partition coefficient (Wildman–Crippen LogP) is -0.0313. The fraction of sp³-hybridized carbons (Fsp3) is 0.750. The number of rotatable bonds is 4. The Kier molecular flexibility index (Phi) is 3.57. The lowest BCUT2D eigenvalue weighted by molar-refractivity contribution is -0.151. The van der Waals surface area contributed by atoms with Gasteiger partial charge in [0, 0.05) is 13.1 Å². The molecule has 15 heavy (non-hydrogen) atoms. The molecule has 7 heteroatoms. The molecule has 0 aliphatic carbocycles. The monoisotopic (exact) mass is 223 g/mol. The molecule has 1 heterocycles. The maximum Gasteiger partial charge on any atom is 0.308 e. The number of carboxylic acid groups (broad SMARTS) is 2. The normalized spacial score (nSPS) is 27.1. The van der Waals surface area contributed by atoms with Crippen LogP contribution in [-0.4, -0.2) is 53.1 Å². The Balaban J connectivity index is 2.65. The summed E-state index contributed by atoms with van der Waals surface area (Å²) in [5.41, 5.74) is 0. The summed E-state index contributed by atoms with van der Waals surface area (Å²) in [6.45, 7) is -0.832. The average molecular weight is 223 g/mol. The van der Waals surface area contributed by atoms with Crippen LogP contribution >= 0.6 is 0 Å². The Morgan fingerprint density at radius 1 is 1.20 bits per heavy atom. The van der Waals surface area contributed by atoms with Crippen LogP contribution in [0.15, 0.2) is 0 Å². The highest BCUT2D eigenvalue weighted by Gasteiger charge is 2.42. The molecular formula is C8H11F2NO4. The van der Waals surface area contributed by atoms with Gasteiger partial charge in [-0.3, -0.25) is 14.5 Å². The molecule has 0 spiro atoms. The quantitative estimate of drug-likeness (QED) is 0.699. The topological polar surface area (TPSA) is 77.8 Å². The fourth-order valence-electron chi connectivity index (χ4n) is 1.73. The van der Waals surface area contributed by atoms with Gasteiger partial charge in [-0.15, -0.1) is 0 Å². The Morgan fingerprint density at radius 3 is 1.87 bits per heavy atom. The van der Waals surface area contributed by atoms with E-state index in [0.717, 1.165) is 0 Å². The molecule has 2 atom stereocenters. The molecule has 1 rings (SSSR count). The first-order chi connectivity index (χ1) is 6.91. The molecule has 1 saturated heterocycles. The molecule has 0 aromatic heterocycles. The first-order valence-electron chi connectivity index (χ1n) is 4.38. The van der Waals surface area contributed by atoms with Crippen molar-refractivity contribution in [2.45, 2.75) is 6.43 Å². The zero-order chi connectivity index (χ0) is 11.6. The molecule has 1 aliphatic rings. The molecule has 0 aromatic rings. The van der Waals surface area contributed by atoms with E-state index < -0.39 is 36.7 Å². The third kappa shape index (κ3) is 2.85. The Morgan fingerprint density at radius 2 is 1.60 bits per heavy atom.